The molecular formula is C28H21BrF3N3O4. The molecular weight excluding hydrogens is 579 g/mol. The molecule has 4 aromatic rings. The molecule has 0 spiro atoms. The maximum absolute atomic E-state index is 12.8. The molecule has 0 aliphatic rings. The normalized spacial score (nSPS) is 11.4. The third-order valence-electron chi connectivity index (χ3n) is 5.54. The number of nitrogens with zero attached hydrogens (tertiary/aromatic N) is 1. The molecule has 0 saturated carbocycles. The van der Waals surface area contributed by atoms with Gasteiger partial charge >= 0.3 is 18.0 Å². The molecule has 0 bridgehead atoms. The van der Waals surface area contributed by atoms with Crippen LogP contribution in [0.3, 0.4) is 0 Å². The Morgan fingerprint density at radius 3 is 2.49 bits per heavy atom. The number of anilines is 1. The third-order valence-corrected chi connectivity index (χ3v) is 6.13. The molecule has 0 saturated heterocycles. The third kappa shape index (κ3) is 6.94. The number of benzene rings is 4. The molecule has 0 heterocycles. The van der Waals surface area contributed by atoms with Crippen molar-refractivity contribution < 1.29 is 32.2 Å². The van der Waals surface area contributed by atoms with E-state index in [1.807, 2.05) is 47.9 Å². The van der Waals surface area contributed by atoms with Gasteiger partial charge in [0, 0.05) is 5.69 Å². The van der Waals surface area contributed by atoms with E-state index in [0.717, 1.165) is 34.5 Å². The smallest absolute Gasteiger partial charge is 0.416 e. The van der Waals surface area contributed by atoms with Gasteiger partial charge in [-0.25, -0.2) is 5.43 Å². The number of fused-ring (bicyclic) bond motifs is 1. The van der Waals surface area contributed by atoms with E-state index in [-0.39, 0.29) is 5.69 Å². The van der Waals surface area contributed by atoms with Crippen LogP contribution in [0.2, 0.25) is 0 Å². The lowest BCUT2D eigenvalue weighted by molar-refractivity contribution is -0.137. The van der Waals surface area contributed by atoms with E-state index >= 15 is 0 Å². The van der Waals surface area contributed by atoms with Gasteiger partial charge in [0.2, 0.25) is 0 Å². The molecule has 0 fully saturated rings. The first-order valence-corrected chi connectivity index (χ1v) is 12.2. The summed E-state index contributed by atoms with van der Waals surface area (Å²) in [6.45, 7) is 0.292. The van der Waals surface area contributed by atoms with Crippen LogP contribution in [0.1, 0.15) is 16.7 Å². The Morgan fingerprint density at radius 2 is 1.72 bits per heavy atom. The highest BCUT2D eigenvalue weighted by atomic mass is 79.9. The number of carbonyl (C=O) groups is 2. The molecule has 4 rings (SSSR count). The van der Waals surface area contributed by atoms with Crippen LogP contribution in [-0.4, -0.2) is 25.1 Å². The number of carbonyl (C=O) groups excluding carboxylic acids is 2. The van der Waals surface area contributed by atoms with Crippen LogP contribution in [-0.2, 0) is 22.4 Å². The molecule has 2 amide bonds. The fraction of sp³-hybridized carbons (Fsp3) is 0.107. The summed E-state index contributed by atoms with van der Waals surface area (Å²) >= 11 is 3.46. The molecule has 0 aliphatic heterocycles. The monoisotopic (exact) mass is 599 g/mol. The Balaban J connectivity index is 1.40. The van der Waals surface area contributed by atoms with E-state index in [4.69, 9.17) is 9.47 Å². The van der Waals surface area contributed by atoms with Crippen LogP contribution in [0.5, 0.6) is 11.5 Å². The van der Waals surface area contributed by atoms with Crippen LogP contribution in [0, 0.1) is 0 Å². The van der Waals surface area contributed by atoms with Gasteiger partial charge in [0.25, 0.3) is 0 Å². The van der Waals surface area contributed by atoms with Gasteiger partial charge < -0.3 is 14.8 Å². The zero-order valence-electron chi connectivity index (χ0n) is 20.4. The molecule has 0 aromatic heterocycles. The quantitative estimate of drug-likeness (QED) is 0.148. The lowest BCUT2D eigenvalue weighted by Crippen LogP contribution is -2.32. The minimum Gasteiger partial charge on any atom is -0.493 e. The highest BCUT2D eigenvalue weighted by molar-refractivity contribution is 9.10. The second-order valence-corrected chi connectivity index (χ2v) is 9.05. The lowest BCUT2D eigenvalue weighted by Gasteiger charge is -2.14. The predicted octanol–water partition coefficient (Wildman–Crippen LogP) is 6.30. The molecule has 4 aromatic carbocycles. The number of ether oxygens (including phenoxy) is 2. The van der Waals surface area contributed by atoms with Gasteiger partial charge in [-0.15, -0.1) is 0 Å². The van der Waals surface area contributed by atoms with Crippen molar-refractivity contribution in [1.82, 2.24) is 5.43 Å². The molecule has 0 radical (unpaired) electrons. The maximum atomic E-state index is 12.8. The second kappa shape index (κ2) is 12.0. The Bertz CT molecular complexity index is 1550. The molecule has 11 heteroatoms. The van der Waals surface area contributed by atoms with Gasteiger partial charge in [0.15, 0.2) is 11.5 Å². The van der Waals surface area contributed by atoms with Crippen LogP contribution >= 0.6 is 15.9 Å². The van der Waals surface area contributed by atoms with E-state index < -0.39 is 23.6 Å². The number of hydrazone groups is 1. The highest BCUT2D eigenvalue weighted by Crippen LogP contribution is 2.37. The van der Waals surface area contributed by atoms with Crippen molar-refractivity contribution in [1.29, 1.82) is 0 Å². The van der Waals surface area contributed by atoms with E-state index in [1.165, 1.54) is 19.4 Å². The summed E-state index contributed by atoms with van der Waals surface area (Å²) < 4.78 is 50.6. The number of rotatable bonds is 7. The Kier molecular flexibility index (Phi) is 8.50. The van der Waals surface area contributed by atoms with E-state index in [1.54, 1.807) is 12.1 Å². The molecule has 39 heavy (non-hydrogen) atoms. The first-order valence-electron chi connectivity index (χ1n) is 11.4. The Hall–Kier alpha value is -4.38. The number of halogens is 4. The van der Waals surface area contributed by atoms with Gasteiger partial charge in [-0.3, -0.25) is 9.59 Å². The van der Waals surface area contributed by atoms with Crippen molar-refractivity contribution in [2.24, 2.45) is 5.10 Å². The number of hydrogen-bond acceptors (Lipinski definition) is 5. The standard InChI is InChI=1S/C28H21BrF3N3O4/c1-38-24-13-17(12-23(29)25(24)39-16-19-8-4-7-18-6-2-3-11-22(18)19)15-33-35-27(37)26(36)34-21-10-5-9-20(14-21)28(30,31)32/h2-15H,16H2,1H3,(H,34,36)(H,35,37)/b33-15+. The number of methoxy groups -OCH3 is 1. The highest BCUT2D eigenvalue weighted by Gasteiger charge is 2.30. The minimum absolute atomic E-state index is 0.179. The van der Waals surface area contributed by atoms with Crippen molar-refractivity contribution in [3.05, 3.63) is 100 Å². The van der Waals surface area contributed by atoms with Gasteiger partial charge in [-0.1, -0.05) is 48.5 Å². The fourth-order valence-electron chi connectivity index (χ4n) is 3.70. The molecule has 7 nitrogen and oxygen atoms in total. The Morgan fingerprint density at radius 1 is 0.974 bits per heavy atom. The fourth-order valence-corrected chi connectivity index (χ4v) is 4.27. The first-order chi connectivity index (χ1) is 18.7. The molecule has 2 N–H and O–H groups in total. The maximum Gasteiger partial charge on any atom is 0.416 e. The summed E-state index contributed by atoms with van der Waals surface area (Å²) in [7, 11) is 1.48. The largest absolute Gasteiger partial charge is 0.493 e. The molecule has 200 valence electrons. The summed E-state index contributed by atoms with van der Waals surface area (Å²) in [6.07, 6.45) is -3.31. The summed E-state index contributed by atoms with van der Waals surface area (Å²) in [5.74, 6) is -1.47. The van der Waals surface area contributed by atoms with Crippen LogP contribution < -0.4 is 20.2 Å². The number of nitrogens with one attached hydrogen (secondary N) is 2. The molecule has 0 unspecified atom stereocenters. The average molecular weight is 600 g/mol. The SMILES string of the molecule is COc1cc(/C=N/NC(=O)C(=O)Nc2cccc(C(F)(F)F)c2)cc(Br)c1OCc1cccc2ccccc12. The van der Waals surface area contributed by atoms with Gasteiger partial charge in [0.05, 0.1) is 23.4 Å². The predicted molar refractivity (Wildman–Crippen MR) is 145 cm³/mol. The number of alkyl halides is 3. The van der Waals surface area contributed by atoms with Gasteiger partial charge in [-0.2, -0.15) is 18.3 Å². The second-order valence-electron chi connectivity index (χ2n) is 8.19. The van der Waals surface area contributed by atoms with Crippen molar-refractivity contribution in [2.45, 2.75) is 12.8 Å². The number of hydrogen-bond donors (Lipinski definition) is 2. The zero-order chi connectivity index (χ0) is 28.0. The van der Waals surface area contributed by atoms with E-state index in [2.05, 4.69) is 26.3 Å². The van der Waals surface area contributed by atoms with Crippen molar-refractivity contribution in [2.75, 3.05) is 12.4 Å². The summed E-state index contributed by atoms with van der Waals surface area (Å²) in [5.41, 5.74) is 2.41. The summed E-state index contributed by atoms with van der Waals surface area (Å²) in [5, 5.41) is 8.03. The van der Waals surface area contributed by atoms with E-state index in [9.17, 15) is 22.8 Å². The van der Waals surface area contributed by atoms with Gasteiger partial charge in [0.1, 0.15) is 6.61 Å². The van der Waals surface area contributed by atoms with Crippen molar-refractivity contribution in [3.8, 4) is 11.5 Å². The first kappa shape index (κ1) is 27.6. The minimum atomic E-state index is -4.58. The average Bonchev–Trinajstić information content (AvgIpc) is 2.91. The van der Waals surface area contributed by atoms with Crippen LogP contribution in [0.25, 0.3) is 10.8 Å². The topological polar surface area (TPSA) is 89.0 Å². The summed E-state index contributed by atoms with van der Waals surface area (Å²) in [4.78, 5) is 24.1. The summed E-state index contributed by atoms with van der Waals surface area (Å²) in [6, 6.07) is 21.2. The van der Waals surface area contributed by atoms with Crippen molar-refractivity contribution >= 4 is 50.4 Å². The molecule has 0 atom stereocenters. The van der Waals surface area contributed by atoms with Crippen LogP contribution in [0.15, 0.2) is 88.4 Å². The zero-order valence-corrected chi connectivity index (χ0v) is 22.0. The van der Waals surface area contributed by atoms with E-state index in [0.29, 0.717) is 28.1 Å². The lowest BCUT2D eigenvalue weighted by atomic mass is 10.1. The molecule has 0 aliphatic carbocycles. The van der Waals surface area contributed by atoms with Crippen LogP contribution in [0.4, 0.5) is 18.9 Å². The van der Waals surface area contributed by atoms with Gasteiger partial charge in [-0.05, 0) is 68.2 Å². The Labute approximate surface area is 229 Å². The number of amides is 2. The van der Waals surface area contributed by atoms with Crippen molar-refractivity contribution in [3.63, 3.8) is 0 Å².